The first kappa shape index (κ1) is 13.7. The predicted molar refractivity (Wildman–Crippen MR) is 82.0 cm³/mol. The highest BCUT2D eigenvalue weighted by Gasteiger charge is 2.07. The number of carbonyl (C=O) groups is 1. The summed E-state index contributed by atoms with van der Waals surface area (Å²) in [6.07, 6.45) is 3.61. The summed E-state index contributed by atoms with van der Waals surface area (Å²) in [5.74, 6) is -0.971. The largest absolute Gasteiger partial charge is 0.478 e. The van der Waals surface area contributed by atoms with Crippen LogP contribution in [-0.4, -0.2) is 21.0 Å². The van der Waals surface area contributed by atoms with Crippen molar-refractivity contribution in [3.05, 3.63) is 77.0 Å². The normalized spacial score (nSPS) is 10.3. The van der Waals surface area contributed by atoms with Gasteiger partial charge in [-0.25, -0.2) is 9.64 Å². The molecule has 0 aliphatic rings. The van der Waals surface area contributed by atoms with Crippen LogP contribution < -0.4 is 0 Å². The van der Waals surface area contributed by atoms with Gasteiger partial charge in [-0.3, -0.25) is 9.97 Å². The van der Waals surface area contributed by atoms with E-state index in [4.69, 9.17) is 11.7 Å². The number of aromatic nitrogens is 2. The first-order valence-electron chi connectivity index (χ1n) is 6.61. The molecule has 0 saturated heterocycles. The first-order chi connectivity index (χ1) is 10.7. The molecule has 106 valence electrons. The third-order valence-electron chi connectivity index (χ3n) is 3.35. The van der Waals surface area contributed by atoms with E-state index >= 15 is 0 Å². The monoisotopic (exact) mass is 289 g/mol. The minimum atomic E-state index is -0.971. The minimum Gasteiger partial charge on any atom is -0.478 e. The molecule has 0 amide bonds. The Morgan fingerprint density at radius 3 is 2.73 bits per heavy atom. The van der Waals surface area contributed by atoms with Crippen molar-refractivity contribution in [3.8, 4) is 0 Å². The summed E-state index contributed by atoms with van der Waals surface area (Å²) < 4.78 is 0. The van der Waals surface area contributed by atoms with Crippen molar-refractivity contribution in [1.29, 1.82) is 0 Å². The molecule has 22 heavy (non-hydrogen) atoms. The third-order valence-corrected chi connectivity index (χ3v) is 3.35. The lowest BCUT2D eigenvalue weighted by molar-refractivity contribution is 0.0696. The summed E-state index contributed by atoms with van der Waals surface area (Å²) in [5.41, 5.74) is 3.17. The number of benzene rings is 1. The number of carboxylic acids is 1. The number of hydrogen-bond donors (Lipinski definition) is 1. The van der Waals surface area contributed by atoms with Gasteiger partial charge in [-0.2, -0.15) is 0 Å². The predicted octanol–water partition coefficient (Wildman–Crippen LogP) is 3.47. The third kappa shape index (κ3) is 2.63. The maximum Gasteiger partial charge on any atom is 0.335 e. The second kappa shape index (κ2) is 5.62. The Labute approximate surface area is 126 Å². The van der Waals surface area contributed by atoms with Gasteiger partial charge in [0.05, 0.1) is 17.7 Å². The van der Waals surface area contributed by atoms with Gasteiger partial charge < -0.3 is 5.11 Å². The molecule has 1 N–H and O–H groups in total. The van der Waals surface area contributed by atoms with Gasteiger partial charge in [0, 0.05) is 29.9 Å². The number of fused-ring (bicyclic) bond motifs is 1. The van der Waals surface area contributed by atoms with E-state index in [-0.39, 0.29) is 5.56 Å². The van der Waals surface area contributed by atoms with Crippen LogP contribution >= 0.6 is 0 Å². The van der Waals surface area contributed by atoms with E-state index in [9.17, 15) is 4.79 Å². The van der Waals surface area contributed by atoms with Crippen LogP contribution in [0.1, 0.15) is 21.6 Å². The van der Waals surface area contributed by atoms with E-state index in [2.05, 4.69) is 14.8 Å². The van der Waals surface area contributed by atoms with Crippen molar-refractivity contribution in [1.82, 2.24) is 9.97 Å². The van der Waals surface area contributed by atoms with E-state index in [0.717, 1.165) is 16.5 Å². The maximum atomic E-state index is 11.0. The number of nitrogens with zero attached hydrogens (tertiary/aromatic N) is 3. The molecule has 0 bridgehead atoms. The van der Waals surface area contributed by atoms with Crippen molar-refractivity contribution in [2.75, 3.05) is 0 Å². The van der Waals surface area contributed by atoms with E-state index in [1.54, 1.807) is 18.3 Å². The molecule has 0 aliphatic heterocycles. The molecule has 0 saturated carbocycles. The standard InChI is InChI=1S/C17H11N3O2/c1-18-15-5-7-20-16-3-2-11(9-14(15)16)8-13-10-12(17(21)22)4-6-19-13/h2-7,9-10H,8H2,(H,21,22). The minimum absolute atomic E-state index is 0.217. The van der Waals surface area contributed by atoms with Crippen molar-refractivity contribution < 1.29 is 9.90 Å². The lowest BCUT2D eigenvalue weighted by Gasteiger charge is -2.05. The highest BCUT2D eigenvalue weighted by atomic mass is 16.4. The number of rotatable bonds is 3. The molecule has 0 unspecified atom stereocenters. The zero-order chi connectivity index (χ0) is 15.5. The molecule has 1 aromatic carbocycles. The van der Waals surface area contributed by atoms with E-state index in [1.165, 1.54) is 12.3 Å². The fraction of sp³-hybridized carbons (Fsp3) is 0.0588. The average molecular weight is 289 g/mol. The highest BCUT2D eigenvalue weighted by molar-refractivity contribution is 5.92. The Morgan fingerprint density at radius 1 is 1.14 bits per heavy atom. The van der Waals surface area contributed by atoms with Crippen LogP contribution in [0.15, 0.2) is 48.8 Å². The first-order valence-corrected chi connectivity index (χ1v) is 6.61. The summed E-state index contributed by atoms with van der Waals surface area (Å²) in [5, 5.41) is 9.81. The Hall–Kier alpha value is -3.26. The zero-order valence-electron chi connectivity index (χ0n) is 11.5. The average Bonchev–Trinajstić information content (AvgIpc) is 2.54. The van der Waals surface area contributed by atoms with Crippen molar-refractivity contribution in [3.63, 3.8) is 0 Å². The lowest BCUT2D eigenvalue weighted by Crippen LogP contribution is -2.00. The number of pyridine rings is 2. The van der Waals surface area contributed by atoms with Crippen LogP contribution in [0.3, 0.4) is 0 Å². The van der Waals surface area contributed by atoms with Gasteiger partial charge in [0.15, 0.2) is 5.69 Å². The van der Waals surface area contributed by atoms with Crippen LogP contribution in [-0.2, 0) is 6.42 Å². The van der Waals surface area contributed by atoms with Gasteiger partial charge in [0.25, 0.3) is 0 Å². The van der Waals surface area contributed by atoms with Crippen LogP contribution in [0.4, 0.5) is 5.69 Å². The molecular weight excluding hydrogens is 278 g/mol. The molecular formula is C17H11N3O2. The van der Waals surface area contributed by atoms with Crippen molar-refractivity contribution in [2.45, 2.75) is 6.42 Å². The highest BCUT2D eigenvalue weighted by Crippen LogP contribution is 2.26. The maximum absolute atomic E-state index is 11.0. The SMILES string of the molecule is [C-]#[N+]c1ccnc2ccc(Cc3cc(C(=O)O)ccn3)cc12. The van der Waals surface area contributed by atoms with Crippen LogP contribution in [0.5, 0.6) is 0 Å². The van der Waals surface area contributed by atoms with E-state index in [1.807, 2.05) is 18.2 Å². The number of aromatic carboxylic acids is 1. The molecule has 2 heterocycles. The summed E-state index contributed by atoms with van der Waals surface area (Å²) in [6.45, 7) is 7.21. The Bertz CT molecular complexity index is 913. The summed E-state index contributed by atoms with van der Waals surface area (Å²) in [7, 11) is 0. The quantitative estimate of drug-likeness (QED) is 0.750. The van der Waals surface area contributed by atoms with Crippen LogP contribution in [0.2, 0.25) is 0 Å². The molecule has 5 nitrogen and oxygen atoms in total. The Kier molecular flexibility index (Phi) is 3.50. The summed E-state index contributed by atoms with van der Waals surface area (Å²) >= 11 is 0. The van der Waals surface area contributed by atoms with Crippen molar-refractivity contribution in [2.24, 2.45) is 0 Å². The molecule has 5 heteroatoms. The van der Waals surface area contributed by atoms with Crippen LogP contribution in [0.25, 0.3) is 15.7 Å². The molecule has 3 rings (SSSR count). The van der Waals surface area contributed by atoms with Gasteiger partial charge >= 0.3 is 5.97 Å². The number of hydrogen-bond acceptors (Lipinski definition) is 3. The molecule has 0 atom stereocenters. The van der Waals surface area contributed by atoms with Crippen molar-refractivity contribution >= 4 is 22.6 Å². The second-order valence-corrected chi connectivity index (χ2v) is 4.81. The summed E-state index contributed by atoms with van der Waals surface area (Å²) in [6, 6.07) is 10.4. The topological polar surface area (TPSA) is 67.4 Å². The zero-order valence-corrected chi connectivity index (χ0v) is 11.5. The molecule has 3 aromatic rings. The Balaban J connectivity index is 1.99. The lowest BCUT2D eigenvalue weighted by atomic mass is 10.0. The van der Waals surface area contributed by atoms with E-state index < -0.39 is 5.97 Å². The van der Waals surface area contributed by atoms with Gasteiger partial charge in [0.1, 0.15) is 0 Å². The second-order valence-electron chi connectivity index (χ2n) is 4.81. The molecule has 0 radical (unpaired) electrons. The fourth-order valence-electron chi connectivity index (χ4n) is 2.30. The number of carboxylic acid groups (broad SMARTS) is 1. The summed E-state index contributed by atoms with van der Waals surface area (Å²) in [4.78, 5) is 22.9. The smallest absolute Gasteiger partial charge is 0.335 e. The fourth-order valence-corrected chi connectivity index (χ4v) is 2.30. The van der Waals surface area contributed by atoms with Gasteiger partial charge in [-0.15, -0.1) is 0 Å². The van der Waals surface area contributed by atoms with Gasteiger partial charge in [0.2, 0.25) is 0 Å². The molecule has 0 fully saturated rings. The van der Waals surface area contributed by atoms with Gasteiger partial charge in [-0.1, -0.05) is 12.1 Å². The molecule has 2 aromatic heterocycles. The molecule has 0 aliphatic carbocycles. The molecule has 0 spiro atoms. The van der Waals surface area contributed by atoms with Crippen LogP contribution in [0, 0.1) is 6.57 Å². The van der Waals surface area contributed by atoms with Gasteiger partial charge in [-0.05, 0) is 29.8 Å². The van der Waals surface area contributed by atoms with E-state index in [0.29, 0.717) is 17.8 Å². The Morgan fingerprint density at radius 2 is 1.95 bits per heavy atom.